The lowest BCUT2D eigenvalue weighted by Gasteiger charge is -2.38. The van der Waals surface area contributed by atoms with Gasteiger partial charge in [-0.05, 0) is 63.0 Å². The molecule has 0 saturated carbocycles. The van der Waals surface area contributed by atoms with Crippen LogP contribution in [-0.2, 0) is 11.3 Å². The van der Waals surface area contributed by atoms with Crippen LogP contribution in [0, 0.1) is 5.82 Å². The van der Waals surface area contributed by atoms with Crippen molar-refractivity contribution >= 4 is 5.91 Å². The molecule has 5 nitrogen and oxygen atoms in total. The van der Waals surface area contributed by atoms with Crippen LogP contribution in [0.1, 0.15) is 38.2 Å². The molecule has 2 N–H and O–H groups in total. The number of piperidine rings is 1. The second-order valence-electron chi connectivity index (χ2n) is 7.84. The Labute approximate surface area is 162 Å². The molecule has 0 spiro atoms. The first kappa shape index (κ1) is 20.2. The average molecular weight is 377 g/mol. The Hall–Kier alpha value is -1.50. The Morgan fingerprint density at radius 2 is 1.93 bits per heavy atom. The largest absolute Gasteiger partial charge is 0.358 e. The minimum absolute atomic E-state index is 0.0524. The highest BCUT2D eigenvalue weighted by Crippen LogP contribution is 2.27. The number of likely N-dealkylation sites (tertiary alicyclic amines) is 2. The zero-order chi connectivity index (χ0) is 19.2. The van der Waals surface area contributed by atoms with Crippen LogP contribution in [0.2, 0.25) is 0 Å². The molecule has 1 aromatic carbocycles. The Kier molecular flexibility index (Phi) is 7.21. The van der Waals surface area contributed by atoms with Crippen molar-refractivity contribution in [2.45, 2.75) is 57.3 Å². The number of nitrogens with zero attached hydrogens (tertiary/aromatic N) is 2. The van der Waals surface area contributed by atoms with Gasteiger partial charge in [-0.15, -0.1) is 0 Å². The molecular formula is C21H33FN4O. The number of rotatable bonds is 7. The van der Waals surface area contributed by atoms with Crippen LogP contribution in [0.5, 0.6) is 0 Å². The number of amides is 1. The SMILES string of the molecule is CCCN1CCC(N2C[C@H](NCc3ccc(F)cc3)C[C@H]2C(=O)NC)CC1. The summed E-state index contributed by atoms with van der Waals surface area (Å²) in [6.45, 7) is 7.26. The van der Waals surface area contributed by atoms with Crippen LogP contribution in [-0.4, -0.2) is 67.1 Å². The summed E-state index contributed by atoms with van der Waals surface area (Å²) in [5, 5.41) is 6.42. The van der Waals surface area contributed by atoms with Crippen molar-refractivity contribution in [2.24, 2.45) is 0 Å². The van der Waals surface area contributed by atoms with Gasteiger partial charge in [0.25, 0.3) is 0 Å². The molecule has 0 radical (unpaired) electrons. The molecule has 2 aliphatic heterocycles. The van der Waals surface area contributed by atoms with Crippen molar-refractivity contribution < 1.29 is 9.18 Å². The highest BCUT2D eigenvalue weighted by atomic mass is 19.1. The first-order valence-electron chi connectivity index (χ1n) is 10.3. The smallest absolute Gasteiger partial charge is 0.237 e. The van der Waals surface area contributed by atoms with E-state index in [4.69, 9.17) is 0 Å². The summed E-state index contributed by atoms with van der Waals surface area (Å²) < 4.78 is 13.1. The molecule has 2 heterocycles. The van der Waals surface area contributed by atoms with E-state index in [1.807, 2.05) is 12.1 Å². The summed E-state index contributed by atoms with van der Waals surface area (Å²) in [4.78, 5) is 17.4. The fourth-order valence-corrected chi connectivity index (χ4v) is 4.49. The Morgan fingerprint density at radius 1 is 1.22 bits per heavy atom. The monoisotopic (exact) mass is 376 g/mol. The predicted molar refractivity (Wildman–Crippen MR) is 106 cm³/mol. The Balaban J connectivity index is 1.57. The molecule has 6 heteroatoms. The van der Waals surface area contributed by atoms with E-state index in [1.165, 1.54) is 25.1 Å². The molecular weight excluding hydrogens is 343 g/mol. The number of nitrogens with one attached hydrogen (secondary N) is 2. The average Bonchev–Trinajstić information content (AvgIpc) is 3.12. The summed E-state index contributed by atoms with van der Waals surface area (Å²) in [5.41, 5.74) is 1.07. The van der Waals surface area contributed by atoms with Crippen LogP contribution in [0.15, 0.2) is 24.3 Å². The molecule has 2 saturated heterocycles. The third-order valence-corrected chi connectivity index (χ3v) is 5.96. The minimum atomic E-state index is -0.208. The fourth-order valence-electron chi connectivity index (χ4n) is 4.49. The maximum atomic E-state index is 13.1. The minimum Gasteiger partial charge on any atom is -0.358 e. The summed E-state index contributed by atoms with van der Waals surface area (Å²) >= 11 is 0. The predicted octanol–water partition coefficient (Wildman–Crippen LogP) is 1.98. The molecule has 0 unspecified atom stereocenters. The number of hydrogen-bond acceptors (Lipinski definition) is 4. The molecule has 2 atom stereocenters. The lowest BCUT2D eigenvalue weighted by atomic mass is 10.0. The van der Waals surface area contributed by atoms with Gasteiger partial charge in [0.15, 0.2) is 0 Å². The Bertz CT molecular complexity index is 601. The van der Waals surface area contributed by atoms with E-state index in [-0.39, 0.29) is 23.8 Å². The van der Waals surface area contributed by atoms with Crippen molar-refractivity contribution in [3.8, 4) is 0 Å². The number of carbonyl (C=O) groups excluding carboxylic acids is 1. The van der Waals surface area contributed by atoms with Crippen molar-refractivity contribution in [1.82, 2.24) is 20.4 Å². The second-order valence-corrected chi connectivity index (χ2v) is 7.84. The van der Waals surface area contributed by atoms with Crippen LogP contribution in [0.25, 0.3) is 0 Å². The standard InChI is InChI=1S/C21H33FN4O/c1-3-10-25-11-8-19(9-12-25)26-15-18(13-20(26)21(27)23-2)24-14-16-4-6-17(22)7-5-16/h4-7,18-20,24H,3,8-15H2,1-2H3,(H,23,27)/t18-,20+/m1/s1. The summed E-state index contributed by atoms with van der Waals surface area (Å²) in [7, 11) is 1.73. The number of halogens is 1. The molecule has 150 valence electrons. The lowest BCUT2D eigenvalue weighted by molar-refractivity contribution is -0.126. The molecule has 2 fully saturated rings. The third kappa shape index (κ3) is 5.27. The quantitative estimate of drug-likeness (QED) is 0.764. The lowest BCUT2D eigenvalue weighted by Crippen LogP contribution is -2.51. The molecule has 3 rings (SSSR count). The third-order valence-electron chi connectivity index (χ3n) is 5.96. The van der Waals surface area contributed by atoms with Gasteiger partial charge in [0, 0.05) is 32.2 Å². The van der Waals surface area contributed by atoms with Crippen molar-refractivity contribution in [3.05, 3.63) is 35.6 Å². The van der Waals surface area contributed by atoms with Gasteiger partial charge in [-0.25, -0.2) is 4.39 Å². The van der Waals surface area contributed by atoms with Crippen LogP contribution >= 0.6 is 0 Å². The van der Waals surface area contributed by atoms with Crippen LogP contribution in [0.4, 0.5) is 4.39 Å². The Morgan fingerprint density at radius 3 is 2.56 bits per heavy atom. The van der Waals surface area contributed by atoms with E-state index in [1.54, 1.807) is 7.05 Å². The van der Waals surface area contributed by atoms with E-state index in [2.05, 4.69) is 27.4 Å². The number of carbonyl (C=O) groups is 1. The molecule has 0 aromatic heterocycles. The normalized spacial score (nSPS) is 25.0. The van der Waals surface area contributed by atoms with Crippen molar-refractivity contribution in [1.29, 1.82) is 0 Å². The number of benzene rings is 1. The first-order chi connectivity index (χ1) is 13.1. The second kappa shape index (κ2) is 9.62. The number of likely N-dealkylation sites (N-methyl/N-ethyl adjacent to an activating group) is 1. The van der Waals surface area contributed by atoms with Crippen LogP contribution < -0.4 is 10.6 Å². The fraction of sp³-hybridized carbons (Fsp3) is 0.667. The highest BCUT2D eigenvalue weighted by Gasteiger charge is 2.40. The summed E-state index contributed by atoms with van der Waals surface area (Å²) in [5.74, 6) is -0.0862. The van der Waals surface area contributed by atoms with Gasteiger partial charge in [-0.2, -0.15) is 0 Å². The van der Waals surface area contributed by atoms with Crippen LogP contribution in [0.3, 0.4) is 0 Å². The zero-order valence-electron chi connectivity index (χ0n) is 16.6. The molecule has 1 aromatic rings. The van der Waals surface area contributed by atoms with Gasteiger partial charge < -0.3 is 15.5 Å². The number of hydrogen-bond donors (Lipinski definition) is 2. The first-order valence-corrected chi connectivity index (χ1v) is 10.3. The molecule has 27 heavy (non-hydrogen) atoms. The van der Waals surface area contributed by atoms with Gasteiger partial charge in [-0.1, -0.05) is 19.1 Å². The van der Waals surface area contributed by atoms with Gasteiger partial charge in [0.2, 0.25) is 5.91 Å². The summed E-state index contributed by atoms with van der Waals surface area (Å²) in [6.07, 6.45) is 4.30. The van der Waals surface area contributed by atoms with Gasteiger partial charge >= 0.3 is 0 Å². The summed E-state index contributed by atoms with van der Waals surface area (Å²) in [6, 6.07) is 7.33. The van der Waals surface area contributed by atoms with E-state index < -0.39 is 0 Å². The maximum Gasteiger partial charge on any atom is 0.237 e. The van der Waals surface area contributed by atoms with Crippen molar-refractivity contribution in [2.75, 3.05) is 33.2 Å². The highest BCUT2D eigenvalue weighted by molar-refractivity contribution is 5.82. The maximum absolute atomic E-state index is 13.1. The molecule has 0 aliphatic carbocycles. The van der Waals surface area contributed by atoms with Gasteiger partial charge in [-0.3, -0.25) is 9.69 Å². The van der Waals surface area contributed by atoms with Crippen molar-refractivity contribution in [3.63, 3.8) is 0 Å². The van der Waals surface area contributed by atoms with E-state index in [0.29, 0.717) is 12.6 Å². The topological polar surface area (TPSA) is 47.6 Å². The zero-order valence-corrected chi connectivity index (χ0v) is 16.6. The van der Waals surface area contributed by atoms with Gasteiger partial charge in [0.05, 0.1) is 6.04 Å². The van der Waals surface area contributed by atoms with Gasteiger partial charge in [0.1, 0.15) is 5.82 Å². The molecule has 1 amide bonds. The van der Waals surface area contributed by atoms with E-state index in [9.17, 15) is 9.18 Å². The molecule has 0 bridgehead atoms. The van der Waals surface area contributed by atoms with E-state index in [0.717, 1.165) is 44.5 Å². The van der Waals surface area contributed by atoms with E-state index >= 15 is 0 Å². The molecule has 2 aliphatic rings.